The van der Waals surface area contributed by atoms with Crippen molar-refractivity contribution in [3.8, 4) is 0 Å². The molecule has 2 saturated heterocycles. The van der Waals surface area contributed by atoms with Crippen molar-refractivity contribution in [1.82, 2.24) is 9.21 Å². The van der Waals surface area contributed by atoms with Gasteiger partial charge in [0, 0.05) is 13.1 Å². The van der Waals surface area contributed by atoms with Gasteiger partial charge < -0.3 is 9.80 Å². The maximum absolute atomic E-state index is 13.4. The molecule has 2 heterocycles. The van der Waals surface area contributed by atoms with E-state index >= 15 is 0 Å². The van der Waals surface area contributed by atoms with Gasteiger partial charge in [-0.05, 0) is 43.4 Å². The third-order valence-electron chi connectivity index (χ3n) is 5.96. The molecule has 1 aromatic carbocycles. The average molecular weight is 413 g/mol. The number of nitrogens with zero attached hydrogens (tertiary/aromatic N) is 2. The van der Waals surface area contributed by atoms with Crippen LogP contribution in [0.2, 0.25) is 0 Å². The van der Waals surface area contributed by atoms with Gasteiger partial charge in [-0.25, -0.2) is 12.8 Å². The Morgan fingerprint density at radius 1 is 1.18 bits per heavy atom. The predicted octanol–water partition coefficient (Wildman–Crippen LogP) is 0.608. The molecule has 2 fully saturated rings. The Hall–Kier alpha value is -1.51. The number of carbonyl (C=O) groups excluding carboxylic acids is 1. The highest BCUT2D eigenvalue weighted by Gasteiger charge is 2.37. The van der Waals surface area contributed by atoms with Crippen molar-refractivity contribution < 1.29 is 22.5 Å². The van der Waals surface area contributed by atoms with Crippen molar-refractivity contribution >= 4 is 15.9 Å². The lowest BCUT2D eigenvalue weighted by molar-refractivity contribution is -0.918. The normalized spacial score (nSPS) is 26.2. The number of benzene rings is 1. The van der Waals surface area contributed by atoms with Crippen molar-refractivity contribution in [2.24, 2.45) is 11.8 Å². The molecule has 0 radical (unpaired) electrons. The number of piperazine rings is 1. The number of sulfonamides is 1. The van der Waals surface area contributed by atoms with Gasteiger partial charge in [0.2, 0.25) is 10.0 Å². The van der Waals surface area contributed by atoms with Gasteiger partial charge in [0.05, 0.1) is 31.1 Å². The highest BCUT2D eigenvalue weighted by molar-refractivity contribution is 7.89. The quantitative estimate of drug-likeness (QED) is 0.788. The summed E-state index contributed by atoms with van der Waals surface area (Å²) < 4.78 is 40.3. The van der Waals surface area contributed by atoms with Crippen LogP contribution in [0, 0.1) is 17.7 Å². The molecule has 1 N–H and O–H groups in total. The van der Waals surface area contributed by atoms with Crippen molar-refractivity contribution in [3.63, 3.8) is 0 Å². The summed E-state index contributed by atoms with van der Waals surface area (Å²) in [6, 6.07) is 4.93. The summed E-state index contributed by atoms with van der Waals surface area (Å²) in [7, 11) is -3.70. The SMILES string of the molecule is C[C@@H]1C[C@@H](C)CN(C(=O)[C@@H](C)[NH+]2CCN(S(=O)(=O)c3cccc(F)c3)CC2)C1. The van der Waals surface area contributed by atoms with E-state index in [1.165, 1.54) is 22.5 Å². The Labute approximate surface area is 167 Å². The largest absolute Gasteiger partial charge is 0.337 e. The van der Waals surface area contributed by atoms with Gasteiger partial charge in [-0.2, -0.15) is 4.31 Å². The molecule has 3 atom stereocenters. The number of rotatable bonds is 4. The molecule has 0 unspecified atom stereocenters. The molecule has 0 bridgehead atoms. The molecule has 2 aliphatic heterocycles. The zero-order valence-electron chi connectivity index (χ0n) is 16.9. The van der Waals surface area contributed by atoms with E-state index in [-0.39, 0.29) is 16.8 Å². The summed E-state index contributed by atoms with van der Waals surface area (Å²) in [5.74, 6) is 0.635. The van der Waals surface area contributed by atoms with Crippen LogP contribution in [-0.4, -0.2) is 68.8 Å². The van der Waals surface area contributed by atoms with E-state index in [0.717, 1.165) is 30.5 Å². The van der Waals surface area contributed by atoms with Crippen LogP contribution in [0.25, 0.3) is 0 Å². The topological polar surface area (TPSA) is 62.1 Å². The minimum absolute atomic E-state index is 0.0173. The summed E-state index contributed by atoms with van der Waals surface area (Å²) in [5.41, 5.74) is 0. The Kier molecular flexibility index (Phi) is 6.41. The Balaban J connectivity index is 1.61. The fraction of sp³-hybridized carbons (Fsp3) is 0.650. The van der Waals surface area contributed by atoms with Crippen LogP contribution in [0.15, 0.2) is 29.2 Å². The number of hydrogen-bond acceptors (Lipinski definition) is 3. The number of piperidine rings is 1. The van der Waals surface area contributed by atoms with Crippen molar-refractivity contribution in [2.45, 2.75) is 38.1 Å². The van der Waals surface area contributed by atoms with Crippen LogP contribution >= 0.6 is 0 Å². The van der Waals surface area contributed by atoms with E-state index in [2.05, 4.69) is 13.8 Å². The molecule has 1 aromatic rings. The second-order valence-corrected chi connectivity index (χ2v) is 10.4. The second kappa shape index (κ2) is 8.47. The lowest BCUT2D eigenvalue weighted by Gasteiger charge is -2.39. The minimum atomic E-state index is -3.70. The van der Waals surface area contributed by atoms with E-state index < -0.39 is 15.8 Å². The molecule has 2 aliphatic rings. The smallest absolute Gasteiger partial charge is 0.280 e. The molecular formula is C20H31FN3O3S+. The maximum Gasteiger partial charge on any atom is 0.280 e. The fourth-order valence-electron chi connectivity index (χ4n) is 4.51. The molecular weight excluding hydrogens is 381 g/mol. The first-order valence-corrected chi connectivity index (χ1v) is 11.5. The third-order valence-corrected chi connectivity index (χ3v) is 7.86. The lowest BCUT2D eigenvalue weighted by atomic mass is 9.91. The van der Waals surface area contributed by atoms with Gasteiger partial charge >= 0.3 is 0 Å². The fourth-order valence-corrected chi connectivity index (χ4v) is 5.99. The van der Waals surface area contributed by atoms with Crippen LogP contribution in [0.1, 0.15) is 27.2 Å². The second-order valence-electron chi connectivity index (χ2n) is 8.43. The summed E-state index contributed by atoms with van der Waals surface area (Å²) in [4.78, 5) is 16.0. The first kappa shape index (κ1) is 21.2. The first-order chi connectivity index (χ1) is 13.2. The molecule has 1 amide bonds. The molecule has 0 aromatic heterocycles. The number of likely N-dealkylation sites (tertiary alicyclic amines) is 1. The number of halogens is 1. The van der Waals surface area contributed by atoms with Gasteiger partial charge in [0.1, 0.15) is 5.82 Å². The van der Waals surface area contributed by atoms with Crippen molar-refractivity contribution in [2.75, 3.05) is 39.3 Å². The van der Waals surface area contributed by atoms with Crippen LogP contribution in [0.3, 0.4) is 0 Å². The van der Waals surface area contributed by atoms with Gasteiger partial charge in [-0.3, -0.25) is 4.79 Å². The molecule has 0 aliphatic carbocycles. The number of amides is 1. The van der Waals surface area contributed by atoms with E-state index in [1.54, 1.807) is 0 Å². The molecule has 8 heteroatoms. The Bertz CT molecular complexity index is 799. The third kappa shape index (κ3) is 4.55. The average Bonchev–Trinajstić information content (AvgIpc) is 2.66. The van der Waals surface area contributed by atoms with Gasteiger partial charge in [-0.15, -0.1) is 0 Å². The predicted molar refractivity (Wildman–Crippen MR) is 105 cm³/mol. The first-order valence-electron chi connectivity index (χ1n) is 10.1. The van der Waals surface area contributed by atoms with Crippen LogP contribution in [-0.2, 0) is 14.8 Å². The van der Waals surface area contributed by atoms with Crippen LogP contribution in [0.4, 0.5) is 4.39 Å². The molecule has 3 rings (SSSR count). The standard InChI is InChI=1S/C20H30FN3O3S/c1-15-11-16(2)14-23(13-15)20(25)17(3)22-7-9-24(10-8-22)28(26,27)19-6-4-5-18(21)12-19/h4-6,12,15-17H,7-11,13-14H2,1-3H3/p+1/t15-,16-,17-/m1/s1. The molecule has 0 spiro atoms. The lowest BCUT2D eigenvalue weighted by Crippen LogP contribution is -3.19. The molecule has 156 valence electrons. The van der Waals surface area contributed by atoms with Crippen LogP contribution < -0.4 is 4.90 Å². The van der Waals surface area contributed by atoms with E-state index in [0.29, 0.717) is 38.0 Å². The summed E-state index contributed by atoms with van der Waals surface area (Å²) in [6.07, 6.45) is 1.15. The Morgan fingerprint density at radius 3 is 2.36 bits per heavy atom. The van der Waals surface area contributed by atoms with E-state index in [1.807, 2.05) is 11.8 Å². The van der Waals surface area contributed by atoms with E-state index in [9.17, 15) is 17.6 Å². The molecule has 28 heavy (non-hydrogen) atoms. The van der Waals surface area contributed by atoms with E-state index in [4.69, 9.17) is 0 Å². The van der Waals surface area contributed by atoms with Gasteiger partial charge in [0.15, 0.2) is 6.04 Å². The summed E-state index contributed by atoms with van der Waals surface area (Å²) in [6.45, 7) is 9.73. The van der Waals surface area contributed by atoms with Gasteiger partial charge in [-0.1, -0.05) is 19.9 Å². The highest BCUT2D eigenvalue weighted by Crippen LogP contribution is 2.21. The minimum Gasteiger partial charge on any atom is -0.337 e. The molecule has 0 saturated carbocycles. The zero-order chi connectivity index (χ0) is 20.5. The summed E-state index contributed by atoms with van der Waals surface area (Å²) in [5, 5.41) is 0. The maximum atomic E-state index is 13.4. The number of nitrogens with one attached hydrogen (secondary N) is 1. The Morgan fingerprint density at radius 2 is 1.79 bits per heavy atom. The number of hydrogen-bond donors (Lipinski definition) is 1. The zero-order valence-corrected chi connectivity index (χ0v) is 17.7. The van der Waals surface area contributed by atoms with Crippen molar-refractivity contribution in [3.05, 3.63) is 30.1 Å². The van der Waals surface area contributed by atoms with Gasteiger partial charge in [0.25, 0.3) is 5.91 Å². The summed E-state index contributed by atoms with van der Waals surface area (Å²) >= 11 is 0. The number of quaternary nitrogens is 1. The number of carbonyl (C=O) groups is 1. The molecule has 6 nitrogen and oxygen atoms in total. The highest BCUT2D eigenvalue weighted by atomic mass is 32.2. The van der Waals surface area contributed by atoms with Crippen molar-refractivity contribution in [1.29, 1.82) is 0 Å². The van der Waals surface area contributed by atoms with Crippen LogP contribution in [0.5, 0.6) is 0 Å². The monoisotopic (exact) mass is 412 g/mol.